The highest BCUT2D eigenvalue weighted by atomic mass is 32.2. The third-order valence-electron chi connectivity index (χ3n) is 3.11. The molecule has 0 aliphatic heterocycles. The van der Waals surface area contributed by atoms with Crippen LogP contribution < -0.4 is 5.73 Å². The first-order chi connectivity index (χ1) is 8.40. The van der Waals surface area contributed by atoms with E-state index in [1.54, 1.807) is 0 Å². The summed E-state index contributed by atoms with van der Waals surface area (Å²) >= 11 is 0. The van der Waals surface area contributed by atoms with Crippen LogP contribution in [0, 0.1) is 12.8 Å². The Bertz CT molecular complexity index is 451. The Morgan fingerprint density at radius 1 is 1.22 bits per heavy atom. The van der Waals surface area contributed by atoms with Gasteiger partial charge in [-0.15, -0.1) is 0 Å². The third-order valence-corrected chi connectivity index (χ3v) is 4.14. The summed E-state index contributed by atoms with van der Waals surface area (Å²) in [6, 6.07) is 8.43. The summed E-state index contributed by atoms with van der Waals surface area (Å²) in [6.07, 6.45) is 3.79. The van der Waals surface area contributed by atoms with Gasteiger partial charge in [0.15, 0.2) is 0 Å². The van der Waals surface area contributed by atoms with Crippen molar-refractivity contribution in [1.82, 2.24) is 0 Å². The summed E-state index contributed by atoms with van der Waals surface area (Å²) in [5, 5.41) is 0. The predicted molar refractivity (Wildman–Crippen MR) is 76.4 cm³/mol. The highest BCUT2D eigenvalue weighted by Gasteiger charge is 2.10. The first-order valence-electron chi connectivity index (χ1n) is 6.34. The highest BCUT2D eigenvalue weighted by Crippen LogP contribution is 2.14. The molecule has 2 N–H and O–H groups in total. The largest absolute Gasteiger partial charge is 0.330 e. The minimum Gasteiger partial charge on any atom is -0.330 e. The van der Waals surface area contributed by atoms with Gasteiger partial charge in [0.1, 0.15) is 9.84 Å². The van der Waals surface area contributed by atoms with E-state index in [4.69, 9.17) is 5.73 Å². The molecule has 0 saturated heterocycles. The molecular formula is C14H23NO2S. The van der Waals surface area contributed by atoms with Crippen LogP contribution in [0.15, 0.2) is 24.3 Å². The number of sulfone groups is 1. The molecule has 4 heteroatoms. The van der Waals surface area contributed by atoms with Gasteiger partial charge in [0.05, 0.1) is 0 Å². The molecule has 0 amide bonds. The van der Waals surface area contributed by atoms with Crippen LogP contribution in [0.4, 0.5) is 0 Å². The van der Waals surface area contributed by atoms with Gasteiger partial charge in [-0.2, -0.15) is 0 Å². The summed E-state index contributed by atoms with van der Waals surface area (Å²) in [5.41, 5.74) is 8.27. The van der Waals surface area contributed by atoms with Crippen molar-refractivity contribution in [2.45, 2.75) is 26.2 Å². The second-order valence-corrected chi connectivity index (χ2v) is 7.32. The van der Waals surface area contributed by atoms with E-state index in [9.17, 15) is 8.42 Å². The van der Waals surface area contributed by atoms with Crippen LogP contribution in [0.2, 0.25) is 0 Å². The number of hydrogen-bond donors (Lipinski definition) is 1. The lowest BCUT2D eigenvalue weighted by Crippen LogP contribution is -2.18. The average molecular weight is 269 g/mol. The van der Waals surface area contributed by atoms with Crippen molar-refractivity contribution in [2.75, 3.05) is 18.6 Å². The van der Waals surface area contributed by atoms with Crippen molar-refractivity contribution in [1.29, 1.82) is 0 Å². The van der Waals surface area contributed by atoms with Crippen LogP contribution >= 0.6 is 0 Å². The summed E-state index contributed by atoms with van der Waals surface area (Å²) in [7, 11) is -2.85. The quantitative estimate of drug-likeness (QED) is 0.823. The number of rotatable bonds is 7. The fourth-order valence-electron chi connectivity index (χ4n) is 1.99. The van der Waals surface area contributed by atoms with Crippen LogP contribution in [-0.2, 0) is 16.3 Å². The van der Waals surface area contributed by atoms with Gasteiger partial charge >= 0.3 is 0 Å². The molecule has 0 radical (unpaired) electrons. The molecule has 3 nitrogen and oxygen atoms in total. The topological polar surface area (TPSA) is 60.2 Å². The molecule has 1 aromatic rings. The highest BCUT2D eigenvalue weighted by molar-refractivity contribution is 7.90. The molecule has 18 heavy (non-hydrogen) atoms. The van der Waals surface area contributed by atoms with Crippen LogP contribution in [-0.4, -0.2) is 27.0 Å². The smallest absolute Gasteiger partial charge is 0.147 e. The maximum Gasteiger partial charge on any atom is 0.147 e. The number of benzene rings is 1. The van der Waals surface area contributed by atoms with E-state index >= 15 is 0 Å². The minimum absolute atomic E-state index is 0.261. The Labute approximate surface area is 110 Å². The van der Waals surface area contributed by atoms with Gasteiger partial charge in [-0.1, -0.05) is 29.8 Å². The van der Waals surface area contributed by atoms with Gasteiger partial charge in [-0.05, 0) is 44.2 Å². The maximum atomic E-state index is 11.1. The van der Waals surface area contributed by atoms with E-state index in [0.717, 1.165) is 12.8 Å². The van der Waals surface area contributed by atoms with Crippen molar-refractivity contribution in [3.05, 3.63) is 35.4 Å². The van der Waals surface area contributed by atoms with Crippen molar-refractivity contribution >= 4 is 9.84 Å². The second-order valence-electron chi connectivity index (χ2n) is 5.06. The van der Waals surface area contributed by atoms with E-state index in [2.05, 4.69) is 31.2 Å². The predicted octanol–water partition coefficient (Wildman–Crippen LogP) is 1.94. The Balaban J connectivity index is 2.44. The van der Waals surface area contributed by atoms with Crippen LogP contribution in [0.5, 0.6) is 0 Å². The van der Waals surface area contributed by atoms with Crippen molar-refractivity contribution < 1.29 is 8.42 Å². The monoisotopic (exact) mass is 269 g/mol. The lowest BCUT2D eigenvalue weighted by atomic mass is 9.95. The fourth-order valence-corrected chi connectivity index (χ4v) is 2.69. The molecule has 0 spiro atoms. The first-order valence-corrected chi connectivity index (χ1v) is 8.40. The van der Waals surface area contributed by atoms with E-state index in [0.29, 0.717) is 18.9 Å². The lowest BCUT2D eigenvalue weighted by molar-refractivity contribution is 0.486. The van der Waals surface area contributed by atoms with Gasteiger partial charge < -0.3 is 5.73 Å². The summed E-state index contributed by atoms with van der Waals surface area (Å²) in [4.78, 5) is 0. The molecule has 1 atom stereocenters. The normalized spacial score (nSPS) is 13.5. The van der Waals surface area contributed by atoms with E-state index in [1.165, 1.54) is 17.4 Å². The zero-order valence-electron chi connectivity index (χ0n) is 11.2. The fraction of sp³-hybridized carbons (Fsp3) is 0.571. The van der Waals surface area contributed by atoms with E-state index in [1.807, 2.05) is 0 Å². The molecule has 0 saturated carbocycles. The zero-order valence-corrected chi connectivity index (χ0v) is 12.0. The Kier molecular flexibility index (Phi) is 5.82. The average Bonchev–Trinajstić information content (AvgIpc) is 2.29. The third kappa shape index (κ3) is 6.17. The Morgan fingerprint density at radius 3 is 2.33 bits per heavy atom. The molecule has 0 heterocycles. The Morgan fingerprint density at radius 2 is 1.83 bits per heavy atom. The van der Waals surface area contributed by atoms with Crippen molar-refractivity contribution in [2.24, 2.45) is 11.7 Å². The van der Waals surface area contributed by atoms with Crippen LogP contribution in [0.1, 0.15) is 24.0 Å². The van der Waals surface area contributed by atoms with E-state index < -0.39 is 9.84 Å². The van der Waals surface area contributed by atoms with E-state index in [-0.39, 0.29) is 5.75 Å². The second kappa shape index (κ2) is 6.90. The number of aryl methyl sites for hydroxylation is 1. The maximum absolute atomic E-state index is 11.1. The van der Waals surface area contributed by atoms with Gasteiger partial charge in [-0.25, -0.2) is 8.42 Å². The molecule has 0 aromatic heterocycles. The van der Waals surface area contributed by atoms with Crippen LogP contribution in [0.3, 0.4) is 0 Å². The minimum atomic E-state index is -2.85. The summed E-state index contributed by atoms with van der Waals surface area (Å²) < 4.78 is 22.1. The van der Waals surface area contributed by atoms with Crippen molar-refractivity contribution in [3.8, 4) is 0 Å². The lowest BCUT2D eigenvalue weighted by Gasteiger charge is -2.14. The molecular weight excluding hydrogens is 246 g/mol. The molecule has 102 valence electrons. The molecule has 0 aliphatic carbocycles. The van der Waals surface area contributed by atoms with Crippen LogP contribution in [0.25, 0.3) is 0 Å². The molecule has 1 rings (SSSR count). The zero-order chi connectivity index (χ0) is 13.6. The van der Waals surface area contributed by atoms with Gasteiger partial charge in [0.2, 0.25) is 0 Å². The van der Waals surface area contributed by atoms with Gasteiger partial charge in [0, 0.05) is 12.0 Å². The summed E-state index contributed by atoms with van der Waals surface area (Å²) in [6.45, 7) is 2.67. The molecule has 0 aliphatic rings. The van der Waals surface area contributed by atoms with Gasteiger partial charge in [-0.3, -0.25) is 0 Å². The SMILES string of the molecule is Cc1ccc(CC(CN)CCCS(C)(=O)=O)cc1. The molecule has 0 bridgehead atoms. The first kappa shape index (κ1) is 15.2. The Hall–Kier alpha value is -0.870. The number of hydrogen-bond acceptors (Lipinski definition) is 3. The van der Waals surface area contributed by atoms with Crippen molar-refractivity contribution in [3.63, 3.8) is 0 Å². The molecule has 0 fully saturated rings. The van der Waals surface area contributed by atoms with Gasteiger partial charge in [0.25, 0.3) is 0 Å². The number of nitrogens with two attached hydrogens (primary N) is 1. The molecule has 1 aromatic carbocycles. The standard InChI is InChI=1S/C14H23NO2S/c1-12-5-7-13(8-6-12)10-14(11-15)4-3-9-18(2,16)17/h5-8,14H,3-4,9-11,15H2,1-2H3. The molecule has 1 unspecified atom stereocenters. The summed E-state index contributed by atoms with van der Waals surface area (Å²) in [5.74, 6) is 0.631.